The van der Waals surface area contributed by atoms with E-state index in [9.17, 15) is 0 Å². The second kappa shape index (κ2) is 9.04. The highest BCUT2D eigenvalue weighted by Crippen LogP contribution is 2.28. The molecule has 1 fully saturated rings. The highest BCUT2D eigenvalue weighted by atomic mass is 127. The van der Waals surface area contributed by atoms with Crippen LogP contribution >= 0.6 is 24.0 Å². The molecule has 0 unspecified atom stereocenters. The molecule has 0 radical (unpaired) electrons. The molecule has 3 N–H and O–H groups in total. The molecule has 22 heavy (non-hydrogen) atoms. The topological polar surface area (TPSA) is 80.3 Å². The molecule has 0 amide bonds. The Hall–Kier alpha value is -1.22. The van der Waals surface area contributed by atoms with Crippen LogP contribution in [0.2, 0.25) is 0 Å². The number of rotatable bonds is 7. The van der Waals surface area contributed by atoms with Crippen LogP contribution < -0.4 is 15.2 Å². The normalized spacial score (nSPS) is 14.2. The minimum Gasteiger partial charge on any atom is -0.493 e. The van der Waals surface area contributed by atoms with Crippen LogP contribution in [0.5, 0.6) is 11.5 Å². The molecule has 124 valence electrons. The van der Waals surface area contributed by atoms with E-state index in [-0.39, 0.29) is 37.2 Å². The van der Waals surface area contributed by atoms with E-state index in [0.717, 1.165) is 5.56 Å². The van der Waals surface area contributed by atoms with Crippen LogP contribution in [0.3, 0.4) is 0 Å². The average molecular weight is 421 g/mol. The number of guanidine groups is 1. The SMILES string of the molecule is COc1cc(CN=C(N)N(C)C2CC2)ccc1OCCO.I. The summed E-state index contributed by atoms with van der Waals surface area (Å²) in [4.78, 5) is 6.43. The van der Waals surface area contributed by atoms with Crippen LogP contribution in [0.1, 0.15) is 18.4 Å². The summed E-state index contributed by atoms with van der Waals surface area (Å²) in [5.41, 5.74) is 6.96. The van der Waals surface area contributed by atoms with Crippen molar-refractivity contribution in [3.8, 4) is 11.5 Å². The molecule has 0 aromatic heterocycles. The lowest BCUT2D eigenvalue weighted by Crippen LogP contribution is -2.35. The van der Waals surface area contributed by atoms with Gasteiger partial charge in [0.1, 0.15) is 6.61 Å². The van der Waals surface area contributed by atoms with Crippen molar-refractivity contribution in [3.05, 3.63) is 23.8 Å². The number of hydrogen-bond acceptors (Lipinski definition) is 4. The fourth-order valence-electron chi connectivity index (χ4n) is 2.02. The van der Waals surface area contributed by atoms with E-state index in [1.807, 2.05) is 30.1 Å². The molecule has 1 aliphatic carbocycles. The molecule has 1 aromatic rings. The standard InChI is InChI=1S/C15H23N3O3.HI/c1-18(12-4-5-12)15(16)17-10-11-3-6-13(21-8-7-19)14(9-11)20-2;/h3,6,9,12,19H,4-5,7-8,10H2,1-2H3,(H2,16,17);1H. The van der Waals surface area contributed by atoms with E-state index >= 15 is 0 Å². The third-order valence-corrected chi connectivity index (χ3v) is 3.46. The number of nitrogens with two attached hydrogens (primary N) is 1. The first-order chi connectivity index (χ1) is 10.2. The number of nitrogens with zero attached hydrogens (tertiary/aromatic N) is 2. The lowest BCUT2D eigenvalue weighted by molar-refractivity contribution is 0.196. The minimum absolute atomic E-state index is 0. The molecule has 1 aliphatic rings. The zero-order valence-electron chi connectivity index (χ0n) is 13.0. The third-order valence-electron chi connectivity index (χ3n) is 3.46. The number of methoxy groups -OCH3 is 1. The second-order valence-electron chi connectivity index (χ2n) is 5.07. The van der Waals surface area contributed by atoms with Crippen molar-refractivity contribution >= 4 is 29.9 Å². The van der Waals surface area contributed by atoms with Crippen molar-refractivity contribution in [2.75, 3.05) is 27.4 Å². The summed E-state index contributed by atoms with van der Waals surface area (Å²) in [6.07, 6.45) is 2.38. The van der Waals surface area contributed by atoms with Crippen LogP contribution in [-0.2, 0) is 6.54 Å². The molecule has 2 rings (SSSR count). The van der Waals surface area contributed by atoms with Crippen LogP contribution in [0.25, 0.3) is 0 Å². The van der Waals surface area contributed by atoms with Crippen LogP contribution in [0.4, 0.5) is 0 Å². The van der Waals surface area contributed by atoms with E-state index in [1.165, 1.54) is 12.8 Å². The van der Waals surface area contributed by atoms with E-state index in [0.29, 0.717) is 30.0 Å². The molecular weight excluding hydrogens is 397 g/mol. The predicted molar refractivity (Wildman–Crippen MR) is 97.1 cm³/mol. The Labute approximate surface area is 148 Å². The van der Waals surface area contributed by atoms with Gasteiger partial charge >= 0.3 is 0 Å². The van der Waals surface area contributed by atoms with Crippen LogP contribution in [-0.4, -0.2) is 49.4 Å². The summed E-state index contributed by atoms with van der Waals surface area (Å²) < 4.78 is 10.7. The monoisotopic (exact) mass is 421 g/mol. The number of halogens is 1. The number of benzene rings is 1. The molecular formula is C15H24IN3O3. The van der Waals surface area contributed by atoms with Crippen molar-refractivity contribution in [1.82, 2.24) is 4.90 Å². The van der Waals surface area contributed by atoms with Crippen molar-refractivity contribution < 1.29 is 14.6 Å². The maximum Gasteiger partial charge on any atom is 0.191 e. The zero-order chi connectivity index (χ0) is 15.2. The number of ether oxygens (including phenoxy) is 2. The van der Waals surface area contributed by atoms with Crippen LogP contribution in [0, 0.1) is 0 Å². The number of aliphatic hydroxyl groups is 1. The van der Waals surface area contributed by atoms with E-state index in [1.54, 1.807) is 7.11 Å². The molecule has 1 aromatic carbocycles. The van der Waals surface area contributed by atoms with Crippen LogP contribution in [0.15, 0.2) is 23.2 Å². The fraction of sp³-hybridized carbons (Fsp3) is 0.533. The van der Waals surface area contributed by atoms with E-state index in [2.05, 4.69) is 4.99 Å². The van der Waals surface area contributed by atoms with E-state index < -0.39 is 0 Å². The van der Waals surface area contributed by atoms with Gasteiger partial charge in [0.2, 0.25) is 0 Å². The summed E-state index contributed by atoms with van der Waals surface area (Å²) in [6, 6.07) is 6.17. The Morgan fingerprint density at radius 2 is 2.14 bits per heavy atom. The molecule has 0 spiro atoms. The summed E-state index contributed by atoms with van der Waals surface area (Å²) >= 11 is 0. The van der Waals surface area contributed by atoms with Gasteiger partial charge in [0.15, 0.2) is 17.5 Å². The Kier molecular flexibility index (Phi) is 7.74. The predicted octanol–water partition coefficient (Wildman–Crippen LogP) is 1.59. The van der Waals surface area contributed by atoms with Crippen molar-refractivity contribution in [1.29, 1.82) is 0 Å². The number of hydrogen-bond donors (Lipinski definition) is 2. The quantitative estimate of drug-likeness (QED) is 0.397. The second-order valence-corrected chi connectivity index (χ2v) is 5.07. The minimum atomic E-state index is -0.0285. The maximum absolute atomic E-state index is 8.79. The molecule has 6 nitrogen and oxygen atoms in total. The molecule has 0 saturated heterocycles. The molecule has 7 heteroatoms. The molecule has 0 heterocycles. The van der Waals surface area contributed by atoms with Gasteiger partial charge in [-0.05, 0) is 30.5 Å². The van der Waals surface area contributed by atoms with Gasteiger partial charge in [-0.25, -0.2) is 4.99 Å². The highest BCUT2D eigenvalue weighted by Gasteiger charge is 2.27. The first-order valence-electron chi connectivity index (χ1n) is 7.09. The van der Waals surface area contributed by atoms with Gasteiger partial charge in [0, 0.05) is 13.1 Å². The summed E-state index contributed by atoms with van der Waals surface area (Å²) in [5.74, 6) is 1.81. The van der Waals surface area contributed by atoms with Crippen molar-refractivity contribution in [2.24, 2.45) is 10.7 Å². The largest absolute Gasteiger partial charge is 0.493 e. The van der Waals surface area contributed by atoms with Gasteiger partial charge < -0.3 is 25.2 Å². The Balaban J connectivity index is 0.00000242. The Morgan fingerprint density at radius 3 is 2.73 bits per heavy atom. The smallest absolute Gasteiger partial charge is 0.191 e. The Morgan fingerprint density at radius 1 is 1.41 bits per heavy atom. The highest BCUT2D eigenvalue weighted by molar-refractivity contribution is 14.0. The first-order valence-corrected chi connectivity index (χ1v) is 7.09. The zero-order valence-corrected chi connectivity index (χ0v) is 15.3. The first kappa shape index (κ1) is 18.8. The molecule has 1 saturated carbocycles. The lowest BCUT2D eigenvalue weighted by atomic mass is 10.2. The van der Waals surface area contributed by atoms with Gasteiger partial charge in [0.05, 0.1) is 20.3 Å². The van der Waals surface area contributed by atoms with Crippen molar-refractivity contribution in [3.63, 3.8) is 0 Å². The summed E-state index contributed by atoms with van der Waals surface area (Å²) in [5, 5.41) is 8.79. The fourth-order valence-corrected chi connectivity index (χ4v) is 2.02. The number of aliphatic hydroxyl groups excluding tert-OH is 1. The van der Waals surface area contributed by atoms with Gasteiger partial charge in [-0.3, -0.25) is 0 Å². The van der Waals surface area contributed by atoms with Gasteiger partial charge in [-0.1, -0.05) is 6.07 Å². The lowest BCUT2D eigenvalue weighted by Gasteiger charge is -2.17. The molecule has 0 atom stereocenters. The number of aliphatic imine (C=N–C) groups is 1. The van der Waals surface area contributed by atoms with Crippen molar-refractivity contribution in [2.45, 2.75) is 25.4 Å². The third kappa shape index (κ3) is 5.20. The average Bonchev–Trinajstić information content (AvgIpc) is 3.34. The summed E-state index contributed by atoms with van der Waals surface area (Å²) in [6.45, 7) is 0.714. The van der Waals surface area contributed by atoms with Gasteiger partial charge in [-0.15, -0.1) is 24.0 Å². The summed E-state index contributed by atoms with van der Waals surface area (Å²) in [7, 11) is 3.56. The maximum atomic E-state index is 8.79. The molecule has 0 bridgehead atoms. The van der Waals surface area contributed by atoms with Gasteiger partial charge in [0.25, 0.3) is 0 Å². The van der Waals surface area contributed by atoms with E-state index in [4.69, 9.17) is 20.3 Å². The molecule has 0 aliphatic heterocycles. The van der Waals surface area contributed by atoms with Gasteiger partial charge in [-0.2, -0.15) is 0 Å². The Bertz CT molecular complexity index is 507.